The Bertz CT molecular complexity index is 1300. The van der Waals surface area contributed by atoms with Crippen LogP contribution in [-0.4, -0.2) is 90.2 Å². The van der Waals surface area contributed by atoms with E-state index >= 15 is 0 Å². The second kappa shape index (κ2) is 9.25. The number of nitrogens with one attached hydrogen (secondary N) is 1. The molecule has 1 saturated carbocycles. The number of rotatable bonds is 6. The molecular weight excluding hydrogens is 525 g/mol. The van der Waals surface area contributed by atoms with Crippen LogP contribution in [0.3, 0.4) is 0 Å². The summed E-state index contributed by atoms with van der Waals surface area (Å²) in [5, 5.41) is 3.45. The highest BCUT2D eigenvalue weighted by Gasteiger charge is 2.64. The van der Waals surface area contributed by atoms with Crippen LogP contribution in [0.25, 0.3) is 0 Å². The minimum atomic E-state index is -4.33. The van der Waals surface area contributed by atoms with Crippen molar-refractivity contribution in [3.8, 4) is 0 Å². The topological polar surface area (TPSA) is 103 Å². The molecule has 2 aliphatic heterocycles. The van der Waals surface area contributed by atoms with Crippen molar-refractivity contribution in [2.75, 3.05) is 27.2 Å². The van der Waals surface area contributed by atoms with Crippen molar-refractivity contribution in [3.05, 3.63) is 58.3 Å². The van der Waals surface area contributed by atoms with Crippen LogP contribution in [0.5, 0.6) is 0 Å². The van der Waals surface area contributed by atoms with Crippen molar-refractivity contribution in [1.82, 2.24) is 25.0 Å². The molecule has 0 spiro atoms. The summed E-state index contributed by atoms with van der Waals surface area (Å²) in [4.78, 5) is 34.5. The number of pyridine rings is 1. The Hall–Kier alpha value is -2.24. The molecule has 192 valence electrons. The highest BCUT2D eigenvalue weighted by molar-refractivity contribution is 7.93. The van der Waals surface area contributed by atoms with Crippen molar-refractivity contribution in [2.45, 2.75) is 47.3 Å². The van der Waals surface area contributed by atoms with E-state index in [1.165, 1.54) is 23.1 Å². The largest absolute Gasteiger partial charge is 0.333 e. The van der Waals surface area contributed by atoms with Crippen LogP contribution in [-0.2, 0) is 25.8 Å². The van der Waals surface area contributed by atoms with Gasteiger partial charge in [0.2, 0.25) is 26.6 Å². The van der Waals surface area contributed by atoms with Gasteiger partial charge in [0, 0.05) is 36.4 Å². The number of carbonyl (C=O) groups excluding carboxylic acids is 2. The third kappa shape index (κ3) is 4.09. The Labute approximate surface area is 220 Å². The maximum absolute atomic E-state index is 14.4. The summed E-state index contributed by atoms with van der Waals surface area (Å²) in [5.41, 5.74) is 0.726. The molecule has 3 atom stereocenters. The number of piperazine rings is 1. The van der Waals surface area contributed by atoms with E-state index in [2.05, 4.69) is 10.3 Å². The predicted molar refractivity (Wildman–Crippen MR) is 135 cm³/mol. The number of aromatic nitrogens is 1. The van der Waals surface area contributed by atoms with Crippen LogP contribution in [0.4, 0.5) is 0 Å². The molecule has 1 aliphatic carbocycles. The summed E-state index contributed by atoms with van der Waals surface area (Å²) in [6, 6.07) is 5.99. The average molecular weight is 552 g/mol. The van der Waals surface area contributed by atoms with Gasteiger partial charge < -0.3 is 4.90 Å². The zero-order valence-corrected chi connectivity index (χ0v) is 22.2. The van der Waals surface area contributed by atoms with Gasteiger partial charge in [0.1, 0.15) is 12.1 Å². The number of hydrogen-bond donors (Lipinski definition) is 1. The van der Waals surface area contributed by atoms with Crippen LogP contribution in [0.2, 0.25) is 10.0 Å². The average Bonchev–Trinajstić information content (AvgIpc) is 3.66. The molecule has 3 fully saturated rings. The number of carbonyl (C=O) groups is 2. The lowest BCUT2D eigenvalue weighted by molar-refractivity contribution is -0.168. The Kier molecular flexibility index (Phi) is 6.53. The van der Waals surface area contributed by atoms with Crippen molar-refractivity contribution >= 4 is 44.9 Å². The van der Waals surface area contributed by atoms with E-state index in [1.807, 2.05) is 6.07 Å². The molecule has 2 amide bonds. The second-order valence-corrected chi connectivity index (χ2v) is 12.7. The smallest absolute Gasteiger partial charge is 0.246 e. The summed E-state index contributed by atoms with van der Waals surface area (Å²) >= 11 is 12.4. The molecule has 2 aromatic rings. The van der Waals surface area contributed by atoms with Crippen molar-refractivity contribution in [3.63, 3.8) is 0 Å². The SMILES string of the molecule is CN(C)C1CNC2(S(=O)(=O)c3ccc(Cl)cc3Cl)CN(C3CC3)C(=O)C(Cc3cccnc3)N2C1=O. The quantitative estimate of drug-likeness (QED) is 0.583. The predicted octanol–water partition coefficient (Wildman–Crippen LogP) is 1.79. The fraction of sp³-hybridized carbons (Fsp3) is 0.458. The number of nitrogens with zero attached hydrogens (tertiary/aromatic N) is 4. The van der Waals surface area contributed by atoms with Crippen LogP contribution in [0.1, 0.15) is 18.4 Å². The molecule has 36 heavy (non-hydrogen) atoms. The lowest BCUT2D eigenvalue weighted by Gasteiger charge is -2.57. The van der Waals surface area contributed by atoms with Gasteiger partial charge in [-0.1, -0.05) is 29.3 Å². The van der Waals surface area contributed by atoms with Gasteiger partial charge in [-0.2, -0.15) is 0 Å². The van der Waals surface area contributed by atoms with Gasteiger partial charge in [-0.3, -0.25) is 29.7 Å². The van der Waals surface area contributed by atoms with Gasteiger partial charge in [0.05, 0.1) is 16.5 Å². The third-order valence-electron chi connectivity index (χ3n) is 7.14. The number of likely N-dealkylation sites (N-methyl/N-ethyl adjacent to an activating group) is 1. The zero-order valence-electron chi connectivity index (χ0n) is 19.9. The molecule has 3 aliphatic rings. The monoisotopic (exact) mass is 551 g/mol. The first-order chi connectivity index (χ1) is 17.1. The molecule has 1 N–H and O–H groups in total. The number of amides is 2. The maximum atomic E-state index is 14.4. The second-order valence-electron chi connectivity index (χ2n) is 9.71. The number of halogens is 2. The van der Waals surface area contributed by atoms with E-state index in [0.717, 1.165) is 18.4 Å². The zero-order chi connectivity index (χ0) is 25.8. The van der Waals surface area contributed by atoms with Crippen molar-refractivity contribution in [2.24, 2.45) is 0 Å². The molecule has 2 saturated heterocycles. The van der Waals surface area contributed by atoms with Crippen LogP contribution < -0.4 is 5.32 Å². The van der Waals surface area contributed by atoms with Gasteiger partial charge in [-0.05, 0) is 56.8 Å². The number of fused-ring (bicyclic) bond motifs is 1. The summed E-state index contributed by atoms with van der Waals surface area (Å²) in [6.07, 6.45) is 4.96. The summed E-state index contributed by atoms with van der Waals surface area (Å²) in [5.74, 6) is -0.686. The Morgan fingerprint density at radius 3 is 2.53 bits per heavy atom. The molecule has 5 rings (SSSR count). The van der Waals surface area contributed by atoms with E-state index in [0.29, 0.717) is 5.02 Å². The first-order valence-corrected chi connectivity index (χ1v) is 13.9. The number of hydrogen-bond acceptors (Lipinski definition) is 7. The van der Waals surface area contributed by atoms with Gasteiger partial charge in [-0.15, -0.1) is 0 Å². The van der Waals surface area contributed by atoms with Gasteiger partial charge in [0.25, 0.3) is 0 Å². The highest BCUT2D eigenvalue weighted by Crippen LogP contribution is 2.43. The fourth-order valence-electron chi connectivity index (χ4n) is 5.12. The lowest BCUT2D eigenvalue weighted by Crippen LogP contribution is -2.83. The van der Waals surface area contributed by atoms with E-state index in [4.69, 9.17) is 23.2 Å². The Morgan fingerprint density at radius 1 is 1.17 bits per heavy atom. The van der Waals surface area contributed by atoms with Crippen molar-refractivity contribution in [1.29, 1.82) is 0 Å². The molecule has 1 aromatic heterocycles. The van der Waals surface area contributed by atoms with Gasteiger partial charge in [-0.25, -0.2) is 8.42 Å². The minimum Gasteiger partial charge on any atom is -0.333 e. The van der Waals surface area contributed by atoms with E-state index in [1.54, 1.807) is 42.4 Å². The Balaban J connectivity index is 1.70. The third-order valence-corrected chi connectivity index (χ3v) is 10.1. The highest BCUT2D eigenvalue weighted by atomic mass is 35.5. The van der Waals surface area contributed by atoms with E-state index in [9.17, 15) is 18.0 Å². The molecular formula is C24H27Cl2N5O4S. The normalized spacial score (nSPS) is 26.9. The molecule has 0 radical (unpaired) electrons. The minimum absolute atomic E-state index is 0.0421. The molecule has 1 aromatic carbocycles. The number of sulfone groups is 1. The summed E-state index contributed by atoms with van der Waals surface area (Å²) < 4.78 is 28.9. The Morgan fingerprint density at radius 2 is 1.92 bits per heavy atom. The van der Waals surface area contributed by atoms with E-state index in [-0.39, 0.29) is 41.4 Å². The van der Waals surface area contributed by atoms with Crippen LogP contribution in [0, 0.1) is 0 Å². The lowest BCUT2D eigenvalue weighted by atomic mass is 9.97. The van der Waals surface area contributed by atoms with E-state index < -0.39 is 32.8 Å². The molecule has 3 unspecified atom stereocenters. The standard InChI is InChI=1S/C24H27Cl2N5O4S/c1-29(2)20-13-28-24(36(34,35)21-8-5-16(25)11-18(21)26)14-30(17-6-7-17)22(32)19(31(24)23(20)33)10-15-4-3-9-27-12-15/h3-5,8-9,11-12,17,19-20,28H,6-7,10,13-14H2,1-2H3. The maximum Gasteiger partial charge on any atom is 0.246 e. The fourth-order valence-corrected chi connectivity index (χ4v) is 7.82. The van der Waals surface area contributed by atoms with Gasteiger partial charge in [0.15, 0.2) is 0 Å². The summed E-state index contributed by atoms with van der Waals surface area (Å²) in [6.45, 7) is -0.0910. The van der Waals surface area contributed by atoms with Crippen LogP contribution >= 0.6 is 23.2 Å². The van der Waals surface area contributed by atoms with Crippen molar-refractivity contribution < 1.29 is 18.0 Å². The summed E-state index contributed by atoms with van der Waals surface area (Å²) in [7, 11) is -0.825. The molecule has 12 heteroatoms. The van der Waals surface area contributed by atoms with Gasteiger partial charge >= 0.3 is 0 Å². The number of benzene rings is 1. The first kappa shape index (κ1) is 25.4. The van der Waals surface area contributed by atoms with Crippen LogP contribution in [0.15, 0.2) is 47.6 Å². The molecule has 9 nitrogen and oxygen atoms in total. The first-order valence-electron chi connectivity index (χ1n) is 11.7. The molecule has 3 heterocycles. The molecule has 0 bridgehead atoms.